The smallest absolute Gasteiger partial charge is 0.349 e. The molecule has 1 aliphatic rings. The first kappa shape index (κ1) is 14.9. The number of hydrogen-bond acceptors (Lipinski definition) is 4. The lowest BCUT2D eigenvalue weighted by Gasteiger charge is -2.11. The zero-order valence-corrected chi connectivity index (χ0v) is 12.9. The summed E-state index contributed by atoms with van der Waals surface area (Å²) < 4.78 is 18.1. The summed E-state index contributed by atoms with van der Waals surface area (Å²) in [4.78, 5) is 26.1. The quantitative estimate of drug-likeness (QED) is 0.636. The second kappa shape index (κ2) is 6.01. The molecule has 1 aliphatic carbocycles. The van der Waals surface area contributed by atoms with Crippen LogP contribution < -0.4 is 0 Å². The van der Waals surface area contributed by atoms with E-state index in [9.17, 15) is 14.0 Å². The molecule has 0 N–H and O–H groups in total. The summed E-state index contributed by atoms with van der Waals surface area (Å²) in [6.07, 6.45) is 2.26. The molecule has 3 rings (SSSR count). The zero-order valence-electron chi connectivity index (χ0n) is 12.1. The second-order valence-corrected chi connectivity index (χ2v) is 6.47. The van der Waals surface area contributed by atoms with Crippen LogP contribution in [0.25, 0.3) is 0 Å². The van der Waals surface area contributed by atoms with Gasteiger partial charge in [0.25, 0.3) is 0 Å². The molecule has 1 aromatic carbocycles. The van der Waals surface area contributed by atoms with Crippen LogP contribution in [0.3, 0.4) is 0 Å². The number of thiophene rings is 1. The van der Waals surface area contributed by atoms with Crippen LogP contribution >= 0.6 is 11.3 Å². The normalized spacial score (nSPS) is 14.5. The Morgan fingerprint density at radius 2 is 1.95 bits per heavy atom. The number of ether oxygens (including phenoxy) is 1. The maximum absolute atomic E-state index is 12.9. The Bertz CT molecular complexity index is 697. The zero-order chi connectivity index (χ0) is 15.7. The van der Waals surface area contributed by atoms with E-state index in [0.717, 1.165) is 19.3 Å². The number of benzene rings is 1. The Labute approximate surface area is 131 Å². The van der Waals surface area contributed by atoms with Gasteiger partial charge in [-0.3, -0.25) is 4.79 Å². The summed E-state index contributed by atoms with van der Waals surface area (Å²) in [6.45, 7) is 1.53. The van der Waals surface area contributed by atoms with E-state index in [4.69, 9.17) is 4.74 Å². The largest absolute Gasteiger partial charge is 0.450 e. The third kappa shape index (κ3) is 2.95. The van der Waals surface area contributed by atoms with Crippen LogP contribution in [-0.4, -0.2) is 17.9 Å². The van der Waals surface area contributed by atoms with Gasteiger partial charge < -0.3 is 4.74 Å². The van der Waals surface area contributed by atoms with Crippen molar-refractivity contribution in [1.82, 2.24) is 0 Å². The van der Waals surface area contributed by atoms with Gasteiger partial charge in [-0.05, 0) is 62.1 Å². The third-order valence-electron chi connectivity index (χ3n) is 3.73. The van der Waals surface area contributed by atoms with E-state index in [1.54, 1.807) is 0 Å². The molecule has 1 atom stereocenters. The van der Waals surface area contributed by atoms with Crippen LogP contribution in [0.2, 0.25) is 0 Å². The fourth-order valence-electron chi connectivity index (χ4n) is 2.55. The standard InChI is InChI=1S/C17H15FO3S/c1-10(16(19)11-5-7-13(18)8-6-11)21-17(20)15-9-12-3-2-4-14(12)22-15/h5-10H,2-4H2,1H3/t10-/m1/s1. The number of carbonyl (C=O) groups excluding carboxylic acids is 2. The molecule has 1 aromatic heterocycles. The number of rotatable bonds is 4. The van der Waals surface area contributed by atoms with E-state index in [2.05, 4.69) is 0 Å². The maximum Gasteiger partial charge on any atom is 0.349 e. The van der Waals surface area contributed by atoms with Crippen molar-refractivity contribution in [3.8, 4) is 0 Å². The molecule has 1 heterocycles. The summed E-state index contributed by atoms with van der Waals surface area (Å²) in [5, 5.41) is 0. The Morgan fingerprint density at radius 1 is 1.23 bits per heavy atom. The Morgan fingerprint density at radius 3 is 2.64 bits per heavy atom. The highest BCUT2D eigenvalue weighted by Gasteiger charge is 2.24. The van der Waals surface area contributed by atoms with Gasteiger partial charge in [-0.2, -0.15) is 0 Å². The Kier molecular flexibility index (Phi) is 4.07. The minimum atomic E-state index is -0.894. The lowest BCUT2D eigenvalue weighted by Crippen LogP contribution is -2.24. The molecule has 0 saturated heterocycles. The fourth-order valence-corrected chi connectivity index (χ4v) is 3.69. The average molecular weight is 318 g/mol. The molecule has 3 nitrogen and oxygen atoms in total. The van der Waals surface area contributed by atoms with Crippen LogP contribution in [0.4, 0.5) is 4.39 Å². The van der Waals surface area contributed by atoms with Gasteiger partial charge in [0.05, 0.1) is 0 Å². The van der Waals surface area contributed by atoms with Crippen molar-refractivity contribution in [2.75, 3.05) is 0 Å². The van der Waals surface area contributed by atoms with Gasteiger partial charge in [-0.25, -0.2) is 9.18 Å². The van der Waals surface area contributed by atoms with Gasteiger partial charge in [0, 0.05) is 10.4 Å². The van der Waals surface area contributed by atoms with Crippen molar-refractivity contribution in [2.24, 2.45) is 0 Å². The molecule has 5 heteroatoms. The number of aryl methyl sites for hydroxylation is 2. The van der Waals surface area contributed by atoms with Crippen LogP contribution in [0.15, 0.2) is 30.3 Å². The number of fused-ring (bicyclic) bond motifs is 1. The highest BCUT2D eigenvalue weighted by atomic mass is 32.1. The molecule has 0 amide bonds. The van der Waals surface area contributed by atoms with Gasteiger partial charge in [0.15, 0.2) is 6.10 Å². The Hall–Kier alpha value is -2.01. The number of esters is 1. The van der Waals surface area contributed by atoms with Crippen molar-refractivity contribution in [2.45, 2.75) is 32.3 Å². The SMILES string of the molecule is C[C@@H](OC(=O)c1cc2c(s1)CCC2)C(=O)c1ccc(F)cc1. The van der Waals surface area contributed by atoms with Crippen LogP contribution in [0.5, 0.6) is 0 Å². The van der Waals surface area contributed by atoms with E-state index < -0.39 is 17.9 Å². The average Bonchev–Trinajstić information content (AvgIpc) is 3.08. The third-order valence-corrected chi connectivity index (χ3v) is 4.95. The molecule has 114 valence electrons. The first-order chi connectivity index (χ1) is 10.5. The molecule has 22 heavy (non-hydrogen) atoms. The van der Waals surface area contributed by atoms with E-state index in [1.807, 2.05) is 6.07 Å². The predicted molar refractivity (Wildman–Crippen MR) is 82.0 cm³/mol. The van der Waals surface area contributed by atoms with Gasteiger partial charge >= 0.3 is 5.97 Å². The molecule has 2 aromatic rings. The highest BCUT2D eigenvalue weighted by Crippen LogP contribution is 2.31. The molecule has 0 spiro atoms. The lowest BCUT2D eigenvalue weighted by molar-refractivity contribution is 0.0323. The number of hydrogen-bond donors (Lipinski definition) is 0. The van der Waals surface area contributed by atoms with Crippen molar-refractivity contribution >= 4 is 23.1 Å². The summed E-state index contributed by atoms with van der Waals surface area (Å²) in [5.41, 5.74) is 1.55. The molecule has 0 bridgehead atoms. The van der Waals surface area contributed by atoms with E-state index in [1.165, 1.54) is 53.0 Å². The molecule has 0 unspecified atom stereocenters. The number of ketones is 1. The summed E-state index contributed by atoms with van der Waals surface area (Å²) in [5.74, 6) is -1.21. The monoisotopic (exact) mass is 318 g/mol. The first-order valence-electron chi connectivity index (χ1n) is 7.17. The van der Waals surface area contributed by atoms with Crippen LogP contribution in [0.1, 0.15) is 43.8 Å². The molecule has 0 aliphatic heterocycles. The van der Waals surface area contributed by atoms with E-state index in [0.29, 0.717) is 10.4 Å². The summed E-state index contributed by atoms with van der Waals surface area (Å²) >= 11 is 1.45. The van der Waals surface area contributed by atoms with Crippen molar-refractivity contribution in [3.63, 3.8) is 0 Å². The molecule has 0 radical (unpaired) electrons. The molecule has 0 fully saturated rings. The predicted octanol–water partition coefficient (Wildman–Crippen LogP) is 3.80. The van der Waals surface area contributed by atoms with Gasteiger partial charge in [-0.15, -0.1) is 11.3 Å². The lowest BCUT2D eigenvalue weighted by atomic mass is 10.1. The second-order valence-electron chi connectivity index (χ2n) is 5.33. The van der Waals surface area contributed by atoms with Gasteiger partial charge in [-0.1, -0.05) is 0 Å². The van der Waals surface area contributed by atoms with Crippen molar-refractivity contribution in [3.05, 3.63) is 57.0 Å². The molecule has 0 saturated carbocycles. The topological polar surface area (TPSA) is 43.4 Å². The fraction of sp³-hybridized carbons (Fsp3) is 0.294. The highest BCUT2D eigenvalue weighted by molar-refractivity contribution is 7.14. The van der Waals surface area contributed by atoms with E-state index in [-0.39, 0.29) is 5.78 Å². The van der Waals surface area contributed by atoms with Crippen LogP contribution in [-0.2, 0) is 17.6 Å². The minimum absolute atomic E-state index is 0.329. The molecular weight excluding hydrogens is 303 g/mol. The number of Topliss-reactive ketones (excluding diaryl/α,β-unsaturated/α-hetero) is 1. The molecular formula is C17H15FO3S. The Balaban J connectivity index is 1.67. The van der Waals surface area contributed by atoms with Crippen molar-refractivity contribution < 1.29 is 18.7 Å². The van der Waals surface area contributed by atoms with Crippen molar-refractivity contribution in [1.29, 1.82) is 0 Å². The summed E-state index contributed by atoms with van der Waals surface area (Å²) in [6, 6.07) is 7.07. The minimum Gasteiger partial charge on any atom is -0.450 e. The first-order valence-corrected chi connectivity index (χ1v) is 7.98. The summed E-state index contributed by atoms with van der Waals surface area (Å²) in [7, 11) is 0. The van der Waals surface area contributed by atoms with Crippen LogP contribution in [0, 0.1) is 5.82 Å². The van der Waals surface area contributed by atoms with Gasteiger partial charge in [0.2, 0.25) is 5.78 Å². The number of halogens is 1. The maximum atomic E-state index is 12.9. The van der Waals surface area contributed by atoms with E-state index >= 15 is 0 Å². The van der Waals surface area contributed by atoms with Gasteiger partial charge in [0.1, 0.15) is 10.7 Å². The number of carbonyl (C=O) groups is 2.